The Bertz CT molecular complexity index is 3130. The Hall–Kier alpha value is -7.17. The van der Waals surface area contributed by atoms with Gasteiger partial charge in [0.25, 0.3) is 0 Å². The summed E-state index contributed by atoms with van der Waals surface area (Å²) in [5.74, 6) is 0.664. The van der Waals surface area contributed by atoms with Gasteiger partial charge in [-0.05, 0) is 56.6 Å². The van der Waals surface area contributed by atoms with Gasteiger partial charge in [-0.2, -0.15) is 0 Å². The quantitative estimate of drug-likeness (QED) is 0.174. The highest BCUT2D eigenvalue weighted by molar-refractivity contribution is 6.26. The Kier molecular flexibility index (Phi) is 6.52. The number of furan rings is 1. The van der Waals surface area contributed by atoms with Crippen LogP contribution in [0.15, 0.2) is 180 Å². The van der Waals surface area contributed by atoms with E-state index in [2.05, 4.69) is 127 Å². The van der Waals surface area contributed by atoms with Crippen LogP contribution in [-0.2, 0) is 0 Å². The van der Waals surface area contributed by atoms with Crippen LogP contribution in [0, 0.1) is 0 Å². The molecule has 0 fully saturated rings. The van der Waals surface area contributed by atoms with Crippen LogP contribution in [0.4, 0.5) is 0 Å². The second-order valence-corrected chi connectivity index (χ2v) is 13.5. The molecule has 0 bridgehead atoms. The first kappa shape index (κ1) is 29.5. The molecule has 4 nitrogen and oxygen atoms in total. The average Bonchev–Trinajstić information content (AvgIpc) is 3.64. The van der Waals surface area contributed by atoms with Gasteiger partial charge in [-0.25, -0.2) is 15.0 Å². The average molecular weight is 676 g/mol. The van der Waals surface area contributed by atoms with Crippen molar-refractivity contribution in [1.82, 2.24) is 15.0 Å². The zero-order valence-corrected chi connectivity index (χ0v) is 28.5. The van der Waals surface area contributed by atoms with Crippen LogP contribution in [0.25, 0.3) is 110 Å². The van der Waals surface area contributed by atoms with E-state index in [1.807, 2.05) is 48.5 Å². The molecule has 0 saturated heterocycles. The van der Waals surface area contributed by atoms with Crippen molar-refractivity contribution in [2.24, 2.45) is 0 Å². The smallest absolute Gasteiger partial charge is 0.160 e. The number of fused-ring (bicyclic) bond motifs is 11. The van der Waals surface area contributed by atoms with Gasteiger partial charge in [0, 0.05) is 33.0 Å². The third-order valence-electron chi connectivity index (χ3n) is 10.5. The largest absolute Gasteiger partial charge is 0.455 e. The minimum absolute atomic E-state index is 0.664. The van der Waals surface area contributed by atoms with Crippen molar-refractivity contribution < 1.29 is 4.42 Å². The zero-order chi connectivity index (χ0) is 34.9. The fourth-order valence-corrected chi connectivity index (χ4v) is 8.01. The van der Waals surface area contributed by atoms with E-state index in [1.54, 1.807) is 0 Å². The summed E-state index contributed by atoms with van der Waals surface area (Å²) < 4.78 is 6.75. The predicted octanol–water partition coefficient (Wildman–Crippen LogP) is 13.1. The SMILES string of the molecule is c1ccc(-c2cc(-c3cccc4c3nc(-c3ccc5c6ccccc6c6ccccc6c5c3)c3c5ccccc5oc43)nc(-c3ccccc3)n2)cc1. The zero-order valence-electron chi connectivity index (χ0n) is 28.5. The van der Waals surface area contributed by atoms with Crippen molar-refractivity contribution in [1.29, 1.82) is 0 Å². The van der Waals surface area contributed by atoms with Gasteiger partial charge in [0.05, 0.1) is 28.0 Å². The summed E-state index contributed by atoms with van der Waals surface area (Å²) in [7, 11) is 0. The number of hydrogen-bond donors (Lipinski definition) is 0. The van der Waals surface area contributed by atoms with Crippen molar-refractivity contribution in [3.05, 3.63) is 176 Å². The highest BCUT2D eigenvalue weighted by Gasteiger charge is 2.22. The summed E-state index contributed by atoms with van der Waals surface area (Å²) in [4.78, 5) is 15.9. The number of benzene rings is 8. The van der Waals surface area contributed by atoms with Gasteiger partial charge >= 0.3 is 0 Å². The number of aromatic nitrogens is 3. The molecule has 53 heavy (non-hydrogen) atoms. The molecule has 8 aromatic carbocycles. The Morgan fingerprint density at radius 1 is 0.358 bits per heavy atom. The van der Waals surface area contributed by atoms with E-state index in [4.69, 9.17) is 19.4 Å². The Morgan fingerprint density at radius 2 is 0.925 bits per heavy atom. The maximum Gasteiger partial charge on any atom is 0.160 e. The van der Waals surface area contributed by atoms with Crippen molar-refractivity contribution in [2.75, 3.05) is 0 Å². The van der Waals surface area contributed by atoms with Crippen LogP contribution in [0.2, 0.25) is 0 Å². The minimum atomic E-state index is 0.664. The molecule has 11 rings (SSSR count). The van der Waals surface area contributed by atoms with Crippen molar-refractivity contribution >= 4 is 65.2 Å². The molecule has 3 heterocycles. The second-order valence-electron chi connectivity index (χ2n) is 13.5. The molecule has 4 heteroatoms. The molecule has 0 unspecified atom stereocenters. The second kappa shape index (κ2) is 11.7. The normalized spacial score (nSPS) is 11.8. The van der Waals surface area contributed by atoms with Crippen LogP contribution in [-0.4, -0.2) is 15.0 Å². The standard InChI is InChI=1S/C49H29N3O/c1-3-14-30(15-4-1)42-29-43(51-49(50-42)31-16-5-2-6-17-31)38-23-13-24-40-47(38)52-46(45-39-22-11-12-25-44(39)53-48(40)45)32-26-27-37-35-20-8-7-18-33(35)34-19-9-10-21-36(34)41(37)28-32/h1-29H. The summed E-state index contributed by atoms with van der Waals surface area (Å²) in [5.41, 5.74) is 8.94. The number of nitrogens with zero attached hydrogens (tertiary/aromatic N) is 3. The highest BCUT2D eigenvalue weighted by Crippen LogP contribution is 2.44. The molecular formula is C49H29N3O. The van der Waals surface area contributed by atoms with Crippen LogP contribution >= 0.6 is 0 Å². The molecule has 0 saturated carbocycles. The van der Waals surface area contributed by atoms with Gasteiger partial charge in [-0.3, -0.25) is 0 Å². The molecule has 0 aliphatic rings. The van der Waals surface area contributed by atoms with Crippen LogP contribution < -0.4 is 0 Å². The van der Waals surface area contributed by atoms with Crippen LogP contribution in [0.5, 0.6) is 0 Å². The topological polar surface area (TPSA) is 51.8 Å². The molecule has 0 atom stereocenters. The van der Waals surface area contributed by atoms with Crippen molar-refractivity contribution in [3.63, 3.8) is 0 Å². The summed E-state index contributed by atoms with van der Waals surface area (Å²) >= 11 is 0. The van der Waals surface area contributed by atoms with Gasteiger partial charge in [0.15, 0.2) is 5.82 Å². The summed E-state index contributed by atoms with van der Waals surface area (Å²) in [6, 6.07) is 61.3. The molecule has 0 aliphatic heterocycles. The van der Waals surface area contributed by atoms with E-state index in [-0.39, 0.29) is 0 Å². The van der Waals surface area contributed by atoms with Gasteiger partial charge in [-0.15, -0.1) is 0 Å². The van der Waals surface area contributed by atoms with E-state index >= 15 is 0 Å². The lowest BCUT2D eigenvalue weighted by atomic mass is 9.92. The van der Waals surface area contributed by atoms with E-state index in [1.165, 1.54) is 32.3 Å². The molecule has 0 spiro atoms. The van der Waals surface area contributed by atoms with Gasteiger partial charge in [-0.1, -0.05) is 152 Å². The summed E-state index contributed by atoms with van der Waals surface area (Å²) in [6.45, 7) is 0. The van der Waals surface area contributed by atoms with Gasteiger partial charge < -0.3 is 4.42 Å². The number of rotatable bonds is 4. The van der Waals surface area contributed by atoms with Gasteiger partial charge in [0.1, 0.15) is 11.2 Å². The Morgan fingerprint density at radius 3 is 1.64 bits per heavy atom. The number of pyridine rings is 1. The predicted molar refractivity (Wildman–Crippen MR) is 219 cm³/mol. The lowest BCUT2D eigenvalue weighted by molar-refractivity contribution is 0.672. The molecule has 0 aliphatic carbocycles. The van der Waals surface area contributed by atoms with Crippen molar-refractivity contribution in [3.8, 4) is 45.2 Å². The first-order valence-electron chi connectivity index (χ1n) is 17.9. The first-order chi connectivity index (χ1) is 26.3. The summed E-state index contributed by atoms with van der Waals surface area (Å²) in [6.07, 6.45) is 0. The first-order valence-corrected chi connectivity index (χ1v) is 17.9. The molecule has 0 N–H and O–H groups in total. The summed E-state index contributed by atoms with van der Waals surface area (Å²) in [5, 5.41) is 10.4. The van der Waals surface area contributed by atoms with Crippen LogP contribution in [0.1, 0.15) is 0 Å². The van der Waals surface area contributed by atoms with E-state index < -0.39 is 0 Å². The molecule has 246 valence electrons. The molecule has 3 aromatic heterocycles. The molecule has 0 radical (unpaired) electrons. The maximum atomic E-state index is 6.75. The van der Waals surface area contributed by atoms with E-state index in [9.17, 15) is 0 Å². The lowest BCUT2D eigenvalue weighted by Gasteiger charge is -2.14. The Balaban J connectivity index is 1.23. The number of hydrogen-bond acceptors (Lipinski definition) is 4. The molecule has 11 aromatic rings. The third-order valence-corrected chi connectivity index (χ3v) is 10.5. The van der Waals surface area contributed by atoms with Gasteiger partial charge in [0.2, 0.25) is 0 Å². The van der Waals surface area contributed by atoms with Crippen molar-refractivity contribution in [2.45, 2.75) is 0 Å². The van der Waals surface area contributed by atoms with E-state index in [0.717, 1.165) is 72.2 Å². The minimum Gasteiger partial charge on any atom is -0.455 e. The fourth-order valence-electron chi connectivity index (χ4n) is 8.01. The molecular weight excluding hydrogens is 647 g/mol. The third kappa shape index (κ3) is 4.66. The number of para-hydroxylation sites is 2. The maximum absolute atomic E-state index is 6.75. The monoisotopic (exact) mass is 675 g/mol. The lowest BCUT2D eigenvalue weighted by Crippen LogP contribution is -1.97. The highest BCUT2D eigenvalue weighted by atomic mass is 16.3. The van der Waals surface area contributed by atoms with Crippen LogP contribution in [0.3, 0.4) is 0 Å². The van der Waals surface area contributed by atoms with E-state index in [0.29, 0.717) is 5.82 Å². The molecule has 0 amide bonds. The fraction of sp³-hybridized carbons (Fsp3) is 0. The Labute approximate surface area is 304 Å².